The summed E-state index contributed by atoms with van der Waals surface area (Å²) in [5, 5.41) is 0.775. The van der Waals surface area contributed by atoms with Gasteiger partial charge in [0.1, 0.15) is 0 Å². The first kappa shape index (κ1) is 14.0. The molecule has 0 saturated heterocycles. The molecule has 2 unspecified atom stereocenters. The molecule has 1 aliphatic carbocycles. The van der Waals surface area contributed by atoms with E-state index in [-0.39, 0.29) is 0 Å². The summed E-state index contributed by atoms with van der Waals surface area (Å²) in [6.07, 6.45) is 6.86. The van der Waals surface area contributed by atoms with Gasteiger partial charge in [-0.1, -0.05) is 43.5 Å². The molecule has 2 N–H and O–H groups in total. The Kier molecular flexibility index (Phi) is 5.58. The fourth-order valence-corrected chi connectivity index (χ4v) is 4.38. The van der Waals surface area contributed by atoms with E-state index in [0.29, 0.717) is 0 Å². The molecule has 0 heterocycles. The summed E-state index contributed by atoms with van der Waals surface area (Å²) in [7, 11) is 0. The van der Waals surface area contributed by atoms with Crippen molar-refractivity contribution in [3.8, 4) is 0 Å². The molecule has 0 aromatic heterocycles. The van der Waals surface area contributed by atoms with Gasteiger partial charge in [-0.25, -0.2) is 0 Å². The summed E-state index contributed by atoms with van der Waals surface area (Å²) in [5.74, 6) is 1.88. The van der Waals surface area contributed by atoms with Gasteiger partial charge in [-0.2, -0.15) is 11.8 Å². The van der Waals surface area contributed by atoms with Crippen molar-refractivity contribution in [2.75, 3.05) is 6.54 Å². The fourth-order valence-electron chi connectivity index (χ4n) is 2.81. The Morgan fingerprint density at radius 2 is 1.94 bits per heavy atom. The third-order valence-corrected chi connectivity index (χ3v) is 5.63. The van der Waals surface area contributed by atoms with Crippen molar-refractivity contribution in [3.05, 3.63) is 35.4 Å². The second-order valence-corrected chi connectivity index (χ2v) is 6.64. The third-order valence-electron chi connectivity index (χ3n) is 4.11. The van der Waals surface area contributed by atoms with Crippen molar-refractivity contribution in [3.63, 3.8) is 0 Å². The van der Waals surface area contributed by atoms with Crippen molar-refractivity contribution in [1.82, 2.24) is 0 Å². The normalized spacial score (nSPS) is 24.8. The lowest BCUT2D eigenvalue weighted by Crippen LogP contribution is -2.24. The topological polar surface area (TPSA) is 26.0 Å². The van der Waals surface area contributed by atoms with Crippen LogP contribution in [0.25, 0.3) is 0 Å². The van der Waals surface area contributed by atoms with E-state index in [0.717, 1.165) is 23.5 Å². The van der Waals surface area contributed by atoms with Crippen LogP contribution in [0.1, 0.15) is 43.2 Å². The standard InChI is InChI=1S/C16H25NS/c1-13-7-5-6-9-15(13)12-18-16-10-4-2-3-8-14(16)11-17/h5-7,9,14,16H,2-4,8,10-12,17H2,1H3. The number of benzene rings is 1. The Morgan fingerprint density at radius 1 is 1.17 bits per heavy atom. The summed E-state index contributed by atoms with van der Waals surface area (Å²) in [5.41, 5.74) is 8.86. The van der Waals surface area contributed by atoms with E-state index < -0.39 is 0 Å². The largest absolute Gasteiger partial charge is 0.330 e. The van der Waals surface area contributed by atoms with Crippen LogP contribution >= 0.6 is 11.8 Å². The minimum absolute atomic E-state index is 0.738. The van der Waals surface area contributed by atoms with Gasteiger partial charge in [0.15, 0.2) is 0 Å². The average molecular weight is 263 g/mol. The Bertz CT molecular complexity index is 364. The monoisotopic (exact) mass is 263 g/mol. The molecule has 0 bridgehead atoms. The van der Waals surface area contributed by atoms with Gasteiger partial charge in [-0.3, -0.25) is 0 Å². The van der Waals surface area contributed by atoms with Gasteiger partial charge in [-0.15, -0.1) is 0 Å². The van der Waals surface area contributed by atoms with Gasteiger partial charge in [-0.05, 0) is 43.4 Å². The highest BCUT2D eigenvalue weighted by molar-refractivity contribution is 7.99. The van der Waals surface area contributed by atoms with E-state index in [4.69, 9.17) is 5.73 Å². The zero-order valence-electron chi connectivity index (χ0n) is 11.4. The average Bonchev–Trinajstić information content (AvgIpc) is 2.62. The molecule has 2 heteroatoms. The zero-order chi connectivity index (χ0) is 12.8. The lowest BCUT2D eigenvalue weighted by atomic mass is 10.0. The van der Waals surface area contributed by atoms with Crippen LogP contribution in [0.3, 0.4) is 0 Å². The molecule has 1 saturated carbocycles. The van der Waals surface area contributed by atoms with E-state index in [2.05, 4.69) is 43.0 Å². The number of hydrogen-bond donors (Lipinski definition) is 1. The van der Waals surface area contributed by atoms with E-state index in [1.54, 1.807) is 0 Å². The van der Waals surface area contributed by atoms with Gasteiger partial charge in [0.2, 0.25) is 0 Å². The summed E-state index contributed by atoms with van der Waals surface area (Å²) in [6.45, 7) is 3.08. The lowest BCUT2D eigenvalue weighted by molar-refractivity contribution is 0.483. The second kappa shape index (κ2) is 7.20. The Morgan fingerprint density at radius 3 is 2.72 bits per heavy atom. The van der Waals surface area contributed by atoms with Crippen LogP contribution in [0.15, 0.2) is 24.3 Å². The van der Waals surface area contributed by atoms with Crippen molar-refractivity contribution in [2.45, 2.75) is 50.0 Å². The number of rotatable bonds is 4. The molecule has 0 amide bonds. The number of hydrogen-bond acceptors (Lipinski definition) is 2. The molecular formula is C16H25NS. The van der Waals surface area contributed by atoms with Crippen molar-refractivity contribution in [1.29, 1.82) is 0 Å². The second-order valence-electron chi connectivity index (χ2n) is 5.41. The maximum atomic E-state index is 5.95. The van der Waals surface area contributed by atoms with Gasteiger partial charge in [0.25, 0.3) is 0 Å². The van der Waals surface area contributed by atoms with Crippen LogP contribution < -0.4 is 5.73 Å². The Labute approximate surface area is 116 Å². The molecule has 2 atom stereocenters. The van der Waals surface area contributed by atoms with Crippen LogP contribution in [0.4, 0.5) is 0 Å². The summed E-state index contributed by atoms with van der Waals surface area (Å²) in [4.78, 5) is 0. The van der Waals surface area contributed by atoms with Gasteiger partial charge < -0.3 is 5.73 Å². The molecule has 0 spiro atoms. The molecule has 18 heavy (non-hydrogen) atoms. The maximum Gasteiger partial charge on any atom is 0.0190 e. The minimum atomic E-state index is 0.738. The first-order chi connectivity index (χ1) is 8.81. The van der Waals surface area contributed by atoms with E-state index in [1.807, 2.05) is 0 Å². The van der Waals surface area contributed by atoms with Crippen LogP contribution in [0.2, 0.25) is 0 Å². The van der Waals surface area contributed by atoms with Crippen LogP contribution in [0, 0.1) is 12.8 Å². The molecule has 0 aliphatic heterocycles. The van der Waals surface area contributed by atoms with Gasteiger partial charge >= 0.3 is 0 Å². The molecule has 1 aromatic carbocycles. The summed E-state index contributed by atoms with van der Waals surface area (Å²) < 4.78 is 0. The third kappa shape index (κ3) is 3.76. The Hall–Kier alpha value is -0.470. The number of nitrogens with two attached hydrogens (primary N) is 1. The molecule has 1 fully saturated rings. The first-order valence-electron chi connectivity index (χ1n) is 7.17. The number of thioether (sulfide) groups is 1. The quantitative estimate of drug-likeness (QED) is 0.826. The summed E-state index contributed by atoms with van der Waals surface area (Å²) in [6, 6.07) is 8.74. The highest BCUT2D eigenvalue weighted by atomic mass is 32.2. The maximum absolute atomic E-state index is 5.95. The molecule has 0 radical (unpaired) electrons. The highest BCUT2D eigenvalue weighted by Crippen LogP contribution is 2.33. The lowest BCUT2D eigenvalue weighted by Gasteiger charge is -2.23. The fraction of sp³-hybridized carbons (Fsp3) is 0.625. The summed E-state index contributed by atoms with van der Waals surface area (Å²) >= 11 is 2.13. The highest BCUT2D eigenvalue weighted by Gasteiger charge is 2.22. The van der Waals surface area contributed by atoms with E-state index in [9.17, 15) is 0 Å². The predicted molar refractivity (Wildman–Crippen MR) is 81.9 cm³/mol. The van der Waals surface area contributed by atoms with Crippen LogP contribution in [-0.2, 0) is 5.75 Å². The van der Waals surface area contributed by atoms with E-state index >= 15 is 0 Å². The number of aryl methyl sites for hydroxylation is 1. The van der Waals surface area contributed by atoms with Crippen molar-refractivity contribution >= 4 is 11.8 Å². The molecule has 2 rings (SSSR count). The van der Waals surface area contributed by atoms with Gasteiger partial charge in [0, 0.05) is 11.0 Å². The molecule has 100 valence electrons. The first-order valence-corrected chi connectivity index (χ1v) is 8.22. The smallest absolute Gasteiger partial charge is 0.0190 e. The van der Waals surface area contributed by atoms with E-state index in [1.165, 1.54) is 43.2 Å². The molecule has 1 aliphatic rings. The molecule has 1 aromatic rings. The van der Waals surface area contributed by atoms with Crippen molar-refractivity contribution < 1.29 is 0 Å². The minimum Gasteiger partial charge on any atom is -0.330 e. The van der Waals surface area contributed by atoms with Crippen LogP contribution in [-0.4, -0.2) is 11.8 Å². The van der Waals surface area contributed by atoms with Crippen molar-refractivity contribution in [2.24, 2.45) is 11.7 Å². The predicted octanol–water partition coefficient (Wildman–Crippen LogP) is 4.14. The molecular weight excluding hydrogens is 238 g/mol. The zero-order valence-corrected chi connectivity index (χ0v) is 12.2. The Balaban J connectivity index is 1.93. The van der Waals surface area contributed by atoms with Gasteiger partial charge in [0.05, 0.1) is 0 Å². The SMILES string of the molecule is Cc1ccccc1CSC1CCCCCC1CN. The molecule has 1 nitrogen and oxygen atoms in total. The van der Waals surface area contributed by atoms with Crippen LogP contribution in [0.5, 0.6) is 0 Å².